The molecule has 1 aromatic heterocycles. The van der Waals surface area contributed by atoms with Gasteiger partial charge in [0.2, 0.25) is 5.76 Å². The van der Waals surface area contributed by atoms with Gasteiger partial charge in [0.25, 0.3) is 0 Å². The maximum atomic E-state index is 14.4. The Morgan fingerprint density at radius 2 is 2.10 bits per heavy atom. The molecule has 3 rings (SSSR count). The zero-order valence-corrected chi connectivity index (χ0v) is 11.4. The fourth-order valence-corrected chi connectivity index (χ4v) is 2.43. The number of hydrogen-bond acceptors (Lipinski definition) is 5. The van der Waals surface area contributed by atoms with Gasteiger partial charge in [-0.05, 0) is 22.0 Å². The minimum atomic E-state index is -1.28. The summed E-state index contributed by atoms with van der Waals surface area (Å²) in [7, 11) is 0. The van der Waals surface area contributed by atoms with Crippen molar-refractivity contribution in [2.45, 2.75) is 0 Å². The van der Waals surface area contributed by atoms with Gasteiger partial charge in [-0.15, -0.1) is 0 Å². The van der Waals surface area contributed by atoms with Crippen molar-refractivity contribution < 1.29 is 28.3 Å². The quantitative estimate of drug-likeness (QED) is 0.902. The first kappa shape index (κ1) is 12.9. The lowest BCUT2D eigenvalue weighted by atomic mass is 10.1. The van der Waals surface area contributed by atoms with Gasteiger partial charge in [0.05, 0.1) is 5.56 Å². The average Bonchev–Trinajstić information content (AvgIpc) is 2.88. The SMILES string of the molecule is O=C(O)c1cc(-c2c(Br)cc3c(c2F)OCCO3)no1. The summed E-state index contributed by atoms with van der Waals surface area (Å²) < 4.78 is 30.0. The molecule has 1 aliphatic heterocycles. The van der Waals surface area contributed by atoms with Crippen LogP contribution in [0.2, 0.25) is 0 Å². The fraction of sp³-hybridized carbons (Fsp3) is 0.167. The summed E-state index contributed by atoms with van der Waals surface area (Å²) in [6, 6.07) is 2.68. The molecule has 0 atom stereocenters. The Balaban J connectivity index is 2.15. The topological polar surface area (TPSA) is 81.8 Å². The van der Waals surface area contributed by atoms with Gasteiger partial charge in [-0.3, -0.25) is 0 Å². The lowest BCUT2D eigenvalue weighted by Gasteiger charge is -2.20. The van der Waals surface area contributed by atoms with Gasteiger partial charge in [0.15, 0.2) is 17.3 Å². The normalized spacial score (nSPS) is 13.3. The van der Waals surface area contributed by atoms with Crippen LogP contribution in [0.15, 0.2) is 21.1 Å². The molecule has 1 N–H and O–H groups in total. The number of aromatic nitrogens is 1. The van der Waals surface area contributed by atoms with Crippen molar-refractivity contribution in [2.75, 3.05) is 13.2 Å². The molecule has 104 valence electrons. The van der Waals surface area contributed by atoms with Crippen LogP contribution in [0.25, 0.3) is 11.3 Å². The summed E-state index contributed by atoms with van der Waals surface area (Å²) >= 11 is 3.20. The van der Waals surface area contributed by atoms with E-state index in [2.05, 4.69) is 25.6 Å². The maximum absolute atomic E-state index is 14.4. The van der Waals surface area contributed by atoms with Gasteiger partial charge in [-0.2, -0.15) is 0 Å². The van der Waals surface area contributed by atoms with Crippen LogP contribution in [0.3, 0.4) is 0 Å². The monoisotopic (exact) mass is 343 g/mol. The van der Waals surface area contributed by atoms with E-state index in [0.717, 1.165) is 6.07 Å². The van der Waals surface area contributed by atoms with Crippen molar-refractivity contribution in [3.05, 3.63) is 28.2 Å². The Labute approximate surface area is 120 Å². The largest absolute Gasteiger partial charge is 0.486 e. The summed E-state index contributed by atoms with van der Waals surface area (Å²) in [6.45, 7) is 0.579. The van der Waals surface area contributed by atoms with Crippen LogP contribution in [0.1, 0.15) is 10.6 Å². The number of fused-ring (bicyclic) bond motifs is 1. The second-order valence-corrected chi connectivity index (χ2v) is 4.81. The van der Waals surface area contributed by atoms with E-state index in [1.54, 1.807) is 6.07 Å². The van der Waals surface area contributed by atoms with E-state index in [1.807, 2.05) is 0 Å². The van der Waals surface area contributed by atoms with E-state index < -0.39 is 11.8 Å². The molecule has 0 saturated heterocycles. The lowest BCUT2D eigenvalue weighted by Crippen LogP contribution is -2.16. The van der Waals surface area contributed by atoms with Crippen LogP contribution in [0.4, 0.5) is 4.39 Å². The number of carbonyl (C=O) groups is 1. The second-order valence-electron chi connectivity index (χ2n) is 3.95. The molecule has 0 spiro atoms. The Hall–Kier alpha value is -2.09. The molecule has 0 saturated carbocycles. The highest BCUT2D eigenvalue weighted by atomic mass is 79.9. The highest BCUT2D eigenvalue weighted by molar-refractivity contribution is 9.10. The van der Waals surface area contributed by atoms with Crippen molar-refractivity contribution >= 4 is 21.9 Å². The van der Waals surface area contributed by atoms with E-state index in [-0.39, 0.29) is 35.1 Å². The molecule has 0 amide bonds. The average molecular weight is 344 g/mol. The van der Waals surface area contributed by atoms with Crippen molar-refractivity contribution in [2.24, 2.45) is 0 Å². The highest BCUT2D eigenvalue weighted by Crippen LogP contribution is 2.43. The van der Waals surface area contributed by atoms with Gasteiger partial charge in [-0.1, -0.05) is 5.16 Å². The van der Waals surface area contributed by atoms with Crippen LogP contribution >= 0.6 is 15.9 Å². The Kier molecular flexibility index (Phi) is 3.09. The predicted octanol–water partition coefficient (Wildman–Crippen LogP) is 2.71. The number of benzene rings is 1. The molecule has 2 heterocycles. The molecule has 0 aliphatic carbocycles. The molecular formula is C12H7BrFNO5. The Morgan fingerprint density at radius 1 is 1.35 bits per heavy atom. The Morgan fingerprint density at radius 3 is 2.80 bits per heavy atom. The third-order valence-electron chi connectivity index (χ3n) is 2.70. The minimum absolute atomic E-state index is 0.0191. The lowest BCUT2D eigenvalue weighted by molar-refractivity contribution is 0.0652. The van der Waals surface area contributed by atoms with Gasteiger partial charge in [0, 0.05) is 10.5 Å². The van der Waals surface area contributed by atoms with E-state index >= 15 is 0 Å². The number of carboxylic acid groups (broad SMARTS) is 1. The maximum Gasteiger partial charge on any atom is 0.374 e. The summed E-state index contributed by atoms with van der Waals surface area (Å²) in [5.41, 5.74) is 0.120. The fourth-order valence-electron chi connectivity index (χ4n) is 1.85. The molecule has 0 unspecified atom stereocenters. The standard InChI is InChI=1S/C12H7BrFNO5/c13-5-3-7-11(19-2-1-18-7)10(14)9(5)6-4-8(12(16)17)20-15-6/h3-4H,1-2H2,(H,16,17). The first-order valence-electron chi connectivity index (χ1n) is 5.56. The van der Waals surface area contributed by atoms with Crippen LogP contribution in [-0.4, -0.2) is 29.4 Å². The second kappa shape index (κ2) is 4.78. The zero-order valence-electron chi connectivity index (χ0n) is 9.85. The molecular weight excluding hydrogens is 337 g/mol. The summed E-state index contributed by atoms with van der Waals surface area (Å²) in [4.78, 5) is 10.8. The van der Waals surface area contributed by atoms with Gasteiger partial charge in [-0.25, -0.2) is 9.18 Å². The molecule has 0 bridgehead atoms. The summed E-state index contributed by atoms with van der Waals surface area (Å²) in [5.74, 6) is -2.07. The number of nitrogens with zero attached hydrogens (tertiary/aromatic N) is 1. The molecule has 0 fully saturated rings. The molecule has 6 nitrogen and oxygen atoms in total. The molecule has 8 heteroatoms. The van der Waals surface area contributed by atoms with Crippen LogP contribution in [0, 0.1) is 5.82 Å². The first-order valence-corrected chi connectivity index (χ1v) is 6.35. The van der Waals surface area contributed by atoms with E-state index in [0.29, 0.717) is 11.1 Å². The van der Waals surface area contributed by atoms with Crippen LogP contribution in [0.5, 0.6) is 11.5 Å². The number of rotatable bonds is 2. The van der Waals surface area contributed by atoms with Gasteiger partial charge >= 0.3 is 5.97 Å². The van der Waals surface area contributed by atoms with Crippen LogP contribution < -0.4 is 9.47 Å². The Bertz CT molecular complexity index is 699. The molecule has 20 heavy (non-hydrogen) atoms. The third-order valence-corrected chi connectivity index (χ3v) is 3.33. The smallest absolute Gasteiger partial charge is 0.374 e. The highest BCUT2D eigenvalue weighted by Gasteiger charge is 2.26. The van der Waals surface area contributed by atoms with E-state index in [4.69, 9.17) is 14.6 Å². The molecule has 1 aromatic carbocycles. The van der Waals surface area contributed by atoms with Crippen molar-refractivity contribution in [1.29, 1.82) is 0 Å². The van der Waals surface area contributed by atoms with Gasteiger partial charge in [0.1, 0.15) is 18.9 Å². The number of aromatic carboxylic acids is 1. The molecule has 1 aliphatic rings. The number of halogens is 2. The number of hydrogen-bond donors (Lipinski definition) is 1. The summed E-state index contributed by atoms with van der Waals surface area (Å²) in [6.07, 6.45) is 0. The van der Waals surface area contributed by atoms with E-state index in [9.17, 15) is 9.18 Å². The van der Waals surface area contributed by atoms with Gasteiger partial charge < -0.3 is 19.1 Å². The predicted molar refractivity (Wildman–Crippen MR) is 67.5 cm³/mol. The zero-order chi connectivity index (χ0) is 14.3. The molecule has 2 aromatic rings. The van der Waals surface area contributed by atoms with Crippen LogP contribution in [-0.2, 0) is 0 Å². The molecule has 0 radical (unpaired) electrons. The number of ether oxygens (including phenoxy) is 2. The van der Waals surface area contributed by atoms with Crippen molar-refractivity contribution in [1.82, 2.24) is 5.16 Å². The van der Waals surface area contributed by atoms with E-state index in [1.165, 1.54) is 0 Å². The number of carboxylic acids is 1. The minimum Gasteiger partial charge on any atom is -0.486 e. The third kappa shape index (κ3) is 2.01. The van der Waals surface area contributed by atoms with Crippen molar-refractivity contribution in [3.8, 4) is 22.8 Å². The first-order chi connectivity index (χ1) is 9.58. The summed E-state index contributed by atoms with van der Waals surface area (Å²) in [5, 5.41) is 12.3. The van der Waals surface area contributed by atoms with Crippen molar-refractivity contribution in [3.63, 3.8) is 0 Å².